The highest BCUT2D eigenvalue weighted by Gasteiger charge is 2.33. The van der Waals surface area contributed by atoms with Crippen LogP contribution in [0.5, 0.6) is 5.75 Å². The molecule has 0 radical (unpaired) electrons. The summed E-state index contributed by atoms with van der Waals surface area (Å²) < 4.78 is 32.2. The van der Waals surface area contributed by atoms with Crippen LogP contribution in [0.15, 0.2) is 23.1 Å². The van der Waals surface area contributed by atoms with Gasteiger partial charge in [-0.2, -0.15) is 4.31 Å². The second-order valence-electron chi connectivity index (χ2n) is 5.05. The lowest BCUT2D eigenvalue weighted by Gasteiger charge is -2.22. The highest BCUT2D eigenvalue weighted by atomic mass is 32.2. The van der Waals surface area contributed by atoms with Crippen molar-refractivity contribution in [3.63, 3.8) is 0 Å². The van der Waals surface area contributed by atoms with E-state index in [4.69, 9.17) is 9.84 Å². The molecule has 1 aromatic carbocycles. The summed E-state index contributed by atoms with van der Waals surface area (Å²) >= 11 is 0. The number of rotatable bonds is 5. The first kappa shape index (κ1) is 15.3. The highest BCUT2D eigenvalue weighted by Crippen LogP contribution is 2.29. The Balaban J connectivity index is 2.45. The summed E-state index contributed by atoms with van der Waals surface area (Å²) in [6, 6.07) is 4.94. The number of nitrogens with zero attached hydrogens (tertiary/aromatic N) is 1. The van der Waals surface area contributed by atoms with Crippen molar-refractivity contribution in [2.75, 3.05) is 20.3 Å². The maximum atomic E-state index is 12.7. The first-order chi connectivity index (χ1) is 9.50. The third-order valence-electron chi connectivity index (χ3n) is 3.73. The predicted molar refractivity (Wildman–Crippen MR) is 76.4 cm³/mol. The second-order valence-corrected chi connectivity index (χ2v) is 6.91. The Bertz CT molecular complexity index is 571. The molecule has 0 aliphatic carbocycles. The van der Waals surface area contributed by atoms with Gasteiger partial charge in [-0.1, -0.05) is 0 Å². The molecule has 1 N–H and O–H groups in total. The molecule has 1 fully saturated rings. The van der Waals surface area contributed by atoms with Gasteiger partial charge in [0.15, 0.2) is 0 Å². The molecule has 0 bridgehead atoms. The molecule has 1 unspecified atom stereocenters. The molecule has 0 aromatic heterocycles. The van der Waals surface area contributed by atoms with E-state index < -0.39 is 10.0 Å². The lowest BCUT2D eigenvalue weighted by Crippen LogP contribution is -2.34. The molecule has 20 heavy (non-hydrogen) atoms. The molecule has 1 saturated heterocycles. The Labute approximate surface area is 120 Å². The molecule has 1 aliphatic rings. The fraction of sp³-hybridized carbons (Fsp3) is 0.571. The zero-order chi connectivity index (χ0) is 14.8. The van der Waals surface area contributed by atoms with E-state index in [-0.39, 0.29) is 17.5 Å². The number of ether oxygens (including phenoxy) is 1. The number of methoxy groups -OCH3 is 1. The van der Waals surface area contributed by atoms with Crippen molar-refractivity contribution in [3.8, 4) is 5.75 Å². The molecule has 5 nitrogen and oxygen atoms in total. The van der Waals surface area contributed by atoms with Crippen LogP contribution < -0.4 is 4.74 Å². The van der Waals surface area contributed by atoms with Gasteiger partial charge in [-0.3, -0.25) is 0 Å². The molecule has 1 heterocycles. The molecule has 0 spiro atoms. The second kappa shape index (κ2) is 6.11. The predicted octanol–water partition coefficient (Wildman–Crippen LogP) is 1.40. The minimum absolute atomic E-state index is 0.0316. The first-order valence-electron chi connectivity index (χ1n) is 6.80. The van der Waals surface area contributed by atoms with Gasteiger partial charge in [0.2, 0.25) is 10.0 Å². The molecule has 112 valence electrons. The Morgan fingerprint density at radius 2 is 2.20 bits per heavy atom. The monoisotopic (exact) mass is 299 g/mol. The van der Waals surface area contributed by atoms with Crippen LogP contribution in [0.4, 0.5) is 0 Å². The first-order valence-corrected chi connectivity index (χ1v) is 8.24. The van der Waals surface area contributed by atoms with Crippen molar-refractivity contribution in [3.05, 3.63) is 23.8 Å². The third-order valence-corrected chi connectivity index (χ3v) is 5.84. The van der Waals surface area contributed by atoms with Gasteiger partial charge >= 0.3 is 0 Å². The summed E-state index contributed by atoms with van der Waals surface area (Å²) in [6.45, 7) is 2.40. The van der Waals surface area contributed by atoms with Gasteiger partial charge in [-0.15, -0.1) is 0 Å². The number of sulfonamides is 1. The van der Waals surface area contributed by atoms with E-state index >= 15 is 0 Å². The maximum absolute atomic E-state index is 12.7. The average Bonchev–Trinajstić information content (AvgIpc) is 2.86. The molecule has 6 heteroatoms. The van der Waals surface area contributed by atoms with E-state index in [0.717, 1.165) is 12.8 Å². The molecule has 2 rings (SSSR count). The number of aliphatic hydroxyl groups excluding tert-OH is 1. The summed E-state index contributed by atoms with van der Waals surface area (Å²) in [6.07, 6.45) is 2.09. The maximum Gasteiger partial charge on any atom is 0.243 e. The molecular weight excluding hydrogens is 278 g/mol. The molecule has 0 amide bonds. The summed E-state index contributed by atoms with van der Waals surface area (Å²) in [5, 5.41) is 9.14. The zero-order valence-corrected chi connectivity index (χ0v) is 12.7. The van der Waals surface area contributed by atoms with Gasteiger partial charge in [0, 0.05) is 19.2 Å². The zero-order valence-electron chi connectivity index (χ0n) is 11.9. The Hall–Kier alpha value is -1.11. The molecular formula is C14H21NO4S. The number of hydrogen-bond acceptors (Lipinski definition) is 4. The Morgan fingerprint density at radius 1 is 1.45 bits per heavy atom. The summed E-state index contributed by atoms with van der Waals surface area (Å²) in [7, 11) is -1.96. The largest absolute Gasteiger partial charge is 0.497 e. The minimum Gasteiger partial charge on any atom is -0.497 e. The quantitative estimate of drug-likeness (QED) is 0.892. The standard InChI is InChI=1S/C14H21NO4S/c1-11-4-3-8-15(11)20(17,18)14-6-5-13(19-2)10-12(14)7-9-16/h5-6,10-11,16H,3-4,7-9H2,1-2H3. The van der Waals surface area contributed by atoms with Gasteiger partial charge < -0.3 is 9.84 Å². The van der Waals surface area contributed by atoms with E-state index in [1.807, 2.05) is 6.92 Å². The van der Waals surface area contributed by atoms with Crippen LogP contribution in [0.1, 0.15) is 25.3 Å². The summed E-state index contributed by atoms with van der Waals surface area (Å²) in [5.41, 5.74) is 0.603. The number of aliphatic hydroxyl groups is 1. The van der Waals surface area contributed by atoms with Crippen LogP contribution in [0.25, 0.3) is 0 Å². The summed E-state index contributed by atoms with van der Waals surface area (Å²) in [4.78, 5) is 0.279. The smallest absolute Gasteiger partial charge is 0.243 e. The fourth-order valence-electron chi connectivity index (χ4n) is 2.64. The van der Waals surface area contributed by atoms with Gasteiger partial charge in [-0.05, 0) is 49.9 Å². The van der Waals surface area contributed by atoms with Crippen LogP contribution in [0, 0.1) is 0 Å². The number of hydrogen-bond donors (Lipinski definition) is 1. The van der Waals surface area contributed by atoms with Crippen LogP contribution in [-0.4, -0.2) is 44.1 Å². The van der Waals surface area contributed by atoms with Crippen LogP contribution in [0.2, 0.25) is 0 Å². The molecule has 1 aliphatic heterocycles. The minimum atomic E-state index is -3.50. The Morgan fingerprint density at radius 3 is 2.75 bits per heavy atom. The third kappa shape index (κ3) is 2.82. The van der Waals surface area contributed by atoms with Crippen molar-refractivity contribution in [2.45, 2.75) is 37.1 Å². The van der Waals surface area contributed by atoms with Crippen molar-refractivity contribution < 1.29 is 18.3 Å². The van der Waals surface area contributed by atoms with Crippen LogP contribution in [-0.2, 0) is 16.4 Å². The van der Waals surface area contributed by atoms with Crippen molar-refractivity contribution in [2.24, 2.45) is 0 Å². The van der Waals surface area contributed by atoms with Crippen molar-refractivity contribution >= 4 is 10.0 Å². The van der Waals surface area contributed by atoms with E-state index in [1.165, 1.54) is 7.11 Å². The van der Waals surface area contributed by atoms with E-state index in [1.54, 1.807) is 22.5 Å². The van der Waals surface area contributed by atoms with Gasteiger partial charge in [0.25, 0.3) is 0 Å². The lowest BCUT2D eigenvalue weighted by atomic mass is 10.1. The van der Waals surface area contributed by atoms with Crippen LogP contribution in [0.3, 0.4) is 0 Å². The fourth-order valence-corrected chi connectivity index (χ4v) is 4.57. The SMILES string of the molecule is COc1ccc(S(=O)(=O)N2CCCC2C)c(CCO)c1. The van der Waals surface area contributed by atoms with E-state index in [2.05, 4.69) is 0 Å². The molecule has 1 atom stereocenters. The van der Waals surface area contributed by atoms with Crippen LogP contribution >= 0.6 is 0 Å². The van der Waals surface area contributed by atoms with Gasteiger partial charge in [0.1, 0.15) is 5.75 Å². The van der Waals surface area contributed by atoms with E-state index in [9.17, 15) is 8.42 Å². The normalized spacial score (nSPS) is 20.2. The topological polar surface area (TPSA) is 66.8 Å². The van der Waals surface area contributed by atoms with Crippen molar-refractivity contribution in [1.82, 2.24) is 4.31 Å². The van der Waals surface area contributed by atoms with Crippen molar-refractivity contribution in [1.29, 1.82) is 0 Å². The molecule has 0 saturated carbocycles. The highest BCUT2D eigenvalue weighted by molar-refractivity contribution is 7.89. The molecule has 1 aromatic rings. The van der Waals surface area contributed by atoms with E-state index in [0.29, 0.717) is 24.3 Å². The van der Waals surface area contributed by atoms with Gasteiger partial charge in [-0.25, -0.2) is 8.42 Å². The lowest BCUT2D eigenvalue weighted by molar-refractivity contribution is 0.298. The average molecular weight is 299 g/mol. The number of benzene rings is 1. The van der Waals surface area contributed by atoms with Gasteiger partial charge in [0.05, 0.1) is 12.0 Å². The summed E-state index contributed by atoms with van der Waals surface area (Å²) in [5.74, 6) is 0.599. The Kier molecular flexibility index (Phi) is 4.67.